The Morgan fingerprint density at radius 2 is 2.33 bits per heavy atom. The van der Waals surface area contributed by atoms with Gasteiger partial charge >= 0.3 is 0 Å². The van der Waals surface area contributed by atoms with E-state index in [9.17, 15) is 0 Å². The number of allylic oxidation sites excluding steroid dienone is 1. The number of alkyl halides is 1. The number of hydrogen-bond acceptors (Lipinski definition) is 1. The molecule has 0 heterocycles. The second kappa shape index (κ2) is 4.74. The zero-order valence-corrected chi connectivity index (χ0v) is 8.08. The topological polar surface area (TPSA) is 23.8 Å². The van der Waals surface area contributed by atoms with E-state index in [1.165, 1.54) is 0 Å². The zero-order valence-electron chi connectivity index (χ0n) is 6.50. The molecule has 0 amide bonds. The second-order valence-corrected chi connectivity index (χ2v) is 2.94. The summed E-state index contributed by atoms with van der Waals surface area (Å²) in [6, 6.07) is 9.61. The molecule has 0 N–H and O–H groups in total. The quantitative estimate of drug-likeness (QED) is 0.705. The molecule has 12 heavy (non-hydrogen) atoms. The fraction of sp³-hybridized carbons (Fsp3) is 0.100. The Balaban J connectivity index is 2.88. The predicted molar refractivity (Wildman–Crippen MR) is 54.0 cm³/mol. The fourth-order valence-corrected chi connectivity index (χ4v) is 1.08. The van der Waals surface area contributed by atoms with Crippen molar-refractivity contribution in [3.8, 4) is 6.07 Å². The van der Waals surface area contributed by atoms with Gasteiger partial charge in [0.2, 0.25) is 0 Å². The maximum Gasteiger partial charge on any atom is 0.0991 e. The van der Waals surface area contributed by atoms with Gasteiger partial charge in [-0.15, -0.1) is 0 Å². The van der Waals surface area contributed by atoms with Crippen LogP contribution in [0.25, 0.3) is 6.08 Å². The molecule has 0 fully saturated rings. The first kappa shape index (κ1) is 9.02. The molecule has 0 saturated heterocycles. The molecule has 1 nitrogen and oxygen atoms in total. The molecule has 0 unspecified atom stereocenters. The Labute approximate surface area is 80.5 Å². The van der Waals surface area contributed by atoms with Crippen LogP contribution >= 0.6 is 15.9 Å². The summed E-state index contributed by atoms with van der Waals surface area (Å²) in [5, 5.41) is 9.44. The van der Waals surface area contributed by atoms with Crippen molar-refractivity contribution in [1.82, 2.24) is 0 Å². The molecule has 1 rings (SSSR count). The molecule has 0 atom stereocenters. The van der Waals surface area contributed by atoms with Crippen LogP contribution in [0.1, 0.15) is 11.1 Å². The molecular weight excluding hydrogens is 214 g/mol. The summed E-state index contributed by atoms with van der Waals surface area (Å²) in [6.07, 6.45) is 3.98. The summed E-state index contributed by atoms with van der Waals surface area (Å²) in [5.41, 5.74) is 1.76. The van der Waals surface area contributed by atoms with Gasteiger partial charge in [0.25, 0.3) is 0 Å². The highest BCUT2D eigenvalue weighted by Crippen LogP contribution is 2.05. The van der Waals surface area contributed by atoms with Crippen LogP contribution in [0.3, 0.4) is 0 Å². The molecule has 60 valence electrons. The number of hydrogen-bond donors (Lipinski definition) is 0. The Morgan fingerprint density at radius 3 is 3.00 bits per heavy atom. The zero-order chi connectivity index (χ0) is 8.81. The van der Waals surface area contributed by atoms with Gasteiger partial charge in [-0.05, 0) is 17.7 Å². The lowest BCUT2D eigenvalue weighted by atomic mass is 10.1. The summed E-state index contributed by atoms with van der Waals surface area (Å²) in [6.45, 7) is 0. The van der Waals surface area contributed by atoms with Crippen molar-refractivity contribution < 1.29 is 0 Å². The second-order valence-electron chi connectivity index (χ2n) is 2.29. The Kier molecular flexibility index (Phi) is 3.56. The standard InChI is InChI=1S/C10H8BrN/c11-6-2-5-9-3-1-4-10(7-9)8-12/h1-5,7H,6H2. The van der Waals surface area contributed by atoms with Crippen LogP contribution in [-0.2, 0) is 0 Å². The van der Waals surface area contributed by atoms with Crippen LogP contribution in [0.4, 0.5) is 0 Å². The van der Waals surface area contributed by atoms with Gasteiger partial charge in [-0.3, -0.25) is 0 Å². The van der Waals surface area contributed by atoms with E-state index in [0.29, 0.717) is 5.56 Å². The summed E-state index contributed by atoms with van der Waals surface area (Å²) < 4.78 is 0. The van der Waals surface area contributed by atoms with Gasteiger partial charge < -0.3 is 0 Å². The van der Waals surface area contributed by atoms with Crippen molar-refractivity contribution in [2.24, 2.45) is 0 Å². The first-order valence-electron chi connectivity index (χ1n) is 3.59. The third-order valence-electron chi connectivity index (χ3n) is 1.42. The van der Waals surface area contributed by atoms with Gasteiger partial charge in [0, 0.05) is 5.33 Å². The van der Waals surface area contributed by atoms with Crippen LogP contribution in [0.15, 0.2) is 30.3 Å². The smallest absolute Gasteiger partial charge is 0.0991 e. The highest BCUT2D eigenvalue weighted by Gasteiger charge is 1.89. The van der Waals surface area contributed by atoms with E-state index in [4.69, 9.17) is 5.26 Å². The number of benzene rings is 1. The minimum Gasteiger partial charge on any atom is -0.192 e. The molecule has 0 aromatic heterocycles. The minimum absolute atomic E-state index is 0.701. The number of nitriles is 1. The molecule has 1 aromatic carbocycles. The van der Waals surface area contributed by atoms with E-state index in [-0.39, 0.29) is 0 Å². The average molecular weight is 222 g/mol. The maximum atomic E-state index is 8.60. The number of rotatable bonds is 2. The SMILES string of the molecule is N#Cc1cccc(C=CCBr)c1. The lowest BCUT2D eigenvalue weighted by molar-refractivity contribution is 1.48. The molecule has 0 bridgehead atoms. The van der Waals surface area contributed by atoms with E-state index >= 15 is 0 Å². The minimum atomic E-state index is 0.701. The summed E-state index contributed by atoms with van der Waals surface area (Å²) >= 11 is 3.29. The fourth-order valence-electron chi connectivity index (χ4n) is 0.893. The van der Waals surface area contributed by atoms with Crippen molar-refractivity contribution in [3.05, 3.63) is 41.5 Å². The lowest BCUT2D eigenvalue weighted by Crippen LogP contribution is -1.75. The number of nitrogens with zero attached hydrogens (tertiary/aromatic N) is 1. The monoisotopic (exact) mass is 221 g/mol. The molecule has 0 saturated carbocycles. The first-order valence-corrected chi connectivity index (χ1v) is 4.71. The predicted octanol–water partition coefficient (Wildman–Crippen LogP) is 2.97. The van der Waals surface area contributed by atoms with Crippen LogP contribution in [0.5, 0.6) is 0 Å². The van der Waals surface area contributed by atoms with E-state index in [0.717, 1.165) is 10.9 Å². The van der Waals surface area contributed by atoms with Crippen LogP contribution in [0.2, 0.25) is 0 Å². The molecule has 0 aliphatic heterocycles. The van der Waals surface area contributed by atoms with Crippen molar-refractivity contribution in [2.45, 2.75) is 0 Å². The van der Waals surface area contributed by atoms with E-state index in [2.05, 4.69) is 22.0 Å². The summed E-state index contributed by atoms with van der Waals surface area (Å²) in [5.74, 6) is 0. The third-order valence-corrected chi connectivity index (χ3v) is 1.79. The largest absolute Gasteiger partial charge is 0.192 e. The Bertz CT molecular complexity index is 323. The number of halogens is 1. The van der Waals surface area contributed by atoms with Crippen LogP contribution in [0, 0.1) is 11.3 Å². The van der Waals surface area contributed by atoms with Gasteiger partial charge in [-0.25, -0.2) is 0 Å². The van der Waals surface area contributed by atoms with Crippen molar-refractivity contribution >= 4 is 22.0 Å². The highest BCUT2D eigenvalue weighted by atomic mass is 79.9. The first-order chi connectivity index (χ1) is 5.86. The Morgan fingerprint density at radius 1 is 1.50 bits per heavy atom. The van der Waals surface area contributed by atoms with Gasteiger partial charge in [-0.2, -0.15) is 5.26 Å². The molecule has 0 aliphatic rings. The van der Waals surface area contributed by atoms with Crippen molar-refractivity contribution in [2.75, 3.05) is 5.33 Å². The highest BCUT2D eigenvalue weighted by molar-refractivity contribution is 9.09. The van der Waals surface area contributed by atoms with E-state index in [1.807, 2.05) is 30.4 Å². The van der Waals surface area contributed by atoms with E-state index < -0.39 is 0 Å². The normalized spacial score (nSPS) is 10.0. The molecule has 0 aliphatic carbocycles. The Hall–Kier alpha value is -1.07. The molecule has 1 aromatic rings. The lowest BCUT2D eigenvalue weighted by Gasteiger charge is -1.92. The molecular formula is C10H8BrN. The molecule has 0 spiro atoms. The van der Waals surface area contributed by atoms with Gasteiger partial charge in [0.15, 0.2) is 0 Å². The van der Waals surface area contributed by atoms with Crippen molar-refractivity contribution in [1.29, 1.82) is 5.26 Å². The molecule has 2 heteroatoms. The average Bonchev–Trinajstić information content (AvgIpc) is 2.15. The van der Waals surface area contributed by atoms with Crippen LogP contribution in [-0.4, -0.2) is 5.33 Å². The molecule has 0 radical (unpaired) electrons. The van der Waals surface area contributed by atoms with Crippen molar-refractivity contribution in [3.63, 3.8) is 0 Å². The van der Waals surface area contributed by atoms with Crippen LogP contribution < -0.4 is 0 Å². The van der Waals surface area contributed by atoms with Gasteiger partial charge in [0.05, 0.1) is 11.6 Å². The van der Waals surface area contributed by atoms with Gasteiger partial charge in [-0.1, -0.05) is 40.2 Å². The maximum absolute atomic E-state index is 8.60. The summed E-state index contributed by atoms with van der Waals surface area (Å²) in [7, 11) is 0. The van der Waals surface area contributed by atoms with Gasteiger partial charge in [0.1, 0.15) is 0 Å². The summed E-state index contributed by atoms with van der Waals surface area (Å²) in [4.78, 5) is 0. The third kappa shape index (κ3) is 2.52. The van der Waals surface area contributed by atoms with E-state index in [1.54, 1.807) is 6.07 Å².